The third-order valence-electron chi connectivity index (χ3n) is 4.96. The van der Waals surface area contributed by atoms with Crippen molar-refractivity contribution in [3.63, 3.8) is 0 Å². The summed E-state index contributed by atoms with van der Waals surface area (Å²) in [7, 11) is 0. The largest absolute Gasteiger partial charge is 0.389 e. The summed E-state index contributed by atoms with van der Waals surface area (Å²) < 4.78 is 8.20. The Kier molecular flexibility index (Phi) is 5.51. The Morgan fingerprint density at radius 2 is 1.64 bits per heavy atom. The molecule has 28 heavy (non-hydrogen) atoms. The van der Waals surface area contributed by atoms with E-state index in [0.29, 0.717) is 6.54 Å². The molecule has 0 aliphatic rings. The summed E-state index contributed by atoms with van der Waals surface area (Å²) in [6.45, 7) is 2.76. The molecule has 2 atom stereocenters. The van der Waals surface area contributed by atoms with Gasteiger partial charge in [-0.3, -0.25) is 0 Å². The van der Waals surface area contributed by atoms with Crippen LogP contribution in [-0.2, 0) is 11.3 Å². The fourth-order valence-electron chi connectivity index (χ4n) is 3.52. The monoisotopic (exact) mass is 372 g/mol. The summed E-state index contributed by atoms with van der Waals surface area (Å²) in [6.07, 6.45) is 0.925. The van der Waals surface area contributed by atoms with Gasteiger partial charge >= 0.3 is 0 Å². The van der Waals surface area contributed by atoms with Crippen LogP contribution in [-0.4, -0.2) is 27.4 Å². The fourth-order valence-corrected chi connectivity index (χ4v) is 3.52. The Bertz CT molecular complexity index is 1040. The van der Waals surface area contributed by atoms with Crippen LogP contribution in [0.25, 0.3) is 11.0 Å². The molecule has 1 N–H and O–H groups in total. The maximum atomic E-state index is 10.6. The Labute approximate surface area is 165 Å². The van der Waals surface area contributed by atoms with Gasteiger partial charge in [0.1, 0.15) is 6.10 Å². The number of aliphatic hydroxyl groups is 1. The molecule has 2 unspecified atom stereocenters. The predicted molar refractivity (Wildman–Crippen MR) is 111 cm³/mol. The minimum atomic E-state index is -0.632. The van der Waals surface area contributed by atoms with Crippen molar-refractivity contribution in [2.45, 2.75) is 25.7 Å². The summed E-state index contributed by atoms with van der Waals surface area (Å²) in [4.78, 5) is 4.38. The lowest BCUT2D eigenvalue weighted by Gasteiger charge is -2.22. The van der Waals surface area contributed by atoms with Gasteiger partial charge in [-0.2, -0.15) is 0 Å². The molecule has 4 heteroatoms. The molecule has 0 fully saturated rings. The topological polar surface area (TPSA) is 47.3 Å². The molecule has 4 rings (SSSR count). The van der Waals surface area contributed by atoms with Crippen LogP contribution in [0, 0.1) is 6.92 Å². The number of ether oxygens (including phenoxy) is 1. The van der Waals surface area contributed by atoms with Crippen LogP contribution in [0.2, 0.25) is 0 Å². The van der Waals surface area contributed by atoms with E-state index in [2.05, 4.69) is 36.2 Å². The summed E-state index contributed by atoms with van der Waals surface area (Å²) in [5, 5.41) is 10.6. The zero-order chi connectivity index (χ0) is 19.3. The number of benzene rings is 3. The number of para-hydroxylation sites is 2. The molecule has 0 radical (unpaired) electrons. The maximum Gasteiger partial charge on any atom is 0.108 e. The molecule has 1 heterocycles. The first-order valence-corrected chi connectivity index (χ1v) is 9.52. The average Bonchev–Trinajstić information content (AvgIpc) is 3.13. The molecule has 0 spiro atoms. The average molecular weight is 372 g/mol. The van der Waals surface area contributed by atoms with Crippen molar-refractivity contribution in [1.29, 1.82) is 0 Å². The highest BCUT2D eigenvalue weighted by atomic mass is 16.5. The molecular weight excluding hydrogens is 348 g/mol. The van der Waals surface area contributed by atoms with Crippen LogP contribution in [0.5, 0.6) is 0 Å². The number of aliphatic hydroxyl groups excluding tert-OH is 1. The van der Waals surface area contributed by atoms with Gasteiger partial charge in [0.2, 0.25) is 0 Å². The highest BCUT2D eigenvalue weighted by Gasteiger charge is 2.18. The van der Waals surface area contributed by atoms with Gasteiger partial charge in [-0.25, -0.2) is 4.98 Å². The zero-order valence-electron chi connectivity index (χ0n) is 15.9. The Morgan fingerprint density at radius 1 is 0.929 bits per heavy atom. The van der Waals surface area contributed by atoms with Crippen LogP contribution in [0.1, 0.15) is 22.8 Å². The van der Waals surface area contributed by atoms with Crippen molar-refractivity contribution in [3.05, 3.63) is 102 Å². The van der Waals surface area contributed by atoms with E-state index < -0.39 is 6.10 Å². The van der Waals surface area contributed by atoms with Crippen molar-refractivity contribution in [2.75, 3.05) is 6.61 Å². The van der Waals surface area contributed by atoms with Gasteiger partial charge in [0, 0.05) is 0 Å². The molecule has 0 aliphatic carbocycles. The van der Waals surface area contributed by atoms with Crippen molar-refractivity contribution in [3.8, 4) is 0 Å². The molecule has 3 aromatic carbocycles. The molecule has 142 valence electrons. The Hall–Kier alpha value is -2.95. The van der Waals surface area contributed by atoms with Crippen LogP contribution >= 0.6 is 0 Å². The van der Waals surface area contributed by atoms with Gasteiger partial charge in [-0.15, -0.1) is 0 Å². The first-order valence-electron chi connectivity index (χ1n) is 9.52. The van der Waals surface area contributed by atoms with Crippen LogP contribution in [0.3, 0.4) is 0 Å². The summed E-state index contributed by atoms with van der Waals surface area (Å²) in [5.74, 6) is 0. The van der Waals surface area contributed by atoms with E-state index in [1.165, 1.54) is 5.56 Å². The number of aryl methyl sites for hydroxylation is 1. The van der Waals surface area contributed by atoms with Gasteiger partial charge in [-0.05, 0) is 35.7 Å². The minimum Gasteiger partial charge on any atom is -0.389 e. The van der Waals surface area contributed by atoms with Crippen molar-refractivity contribution < 1.29 is 9.84 Å². The molecule has 0 amide bonds. The van der Waals surface area contributed by atoms with Gasteiger partial charge in [0.15, 0.2) is 0 Å². The lowest BCUT2D eigenvalue weighted by molar-refractivity contribution is -0.000360. The molecular formula is C24H24N2O2. The number of aromatic nitrogens is 2. The zero-order valence-corrected chi connectivity index (χ0v) is 15.9. The van der Waals surface area contributed by atoms with Gasteiger partial charge in [0.25, 0.3) is 0 Å². The summed E-state index contributed by atoms with van der Waals surface area (Å²) in [6, 6.07) is 26.3. The van der Waals surface area contributed by atoms with E-state index in [9.17, 15) is 5.11 Å². The third-order valence-corrected chi connectivity index (χ3v) is 4.96. The first-order chi connectivity index (χ1) is 13.7. The third kappa shape index (κ3) is 3.98. The van der Waals surface area contributed by atoms with Crippen molar-refractivity contribution in [2.24, 2.45) is 0 Å². The lowest BCUT2D eigenvalue weighted by Crippen LogP contribution is -2.23. The van der Waals surface area contributed by atoms with Crippen molar-refractivity contribution >= 4 is 11.0 Å². The van der Waals surface area contributed by atoms with Crippen LogP contribution in [0.15, 0.2) is 85.2 Å². The number of hydrogen-bond acceptors (Lipinski definition) is 3. The SMILES string of the molecule is Cc1ccccc1C(OCC(O)Cn1cnc2ccccc21)c1ccccc1. The van der Waals surface area contributed by atoms with E-state index in [1.54, 1.807) is 6.33 Å². The van der Waals surface area contributed by atoms with E-state index in [1.807, 2.05) is 59.2 Å². The Morgan fingerprint density at radius 3 is 2.46 bits per heavy atom. The van der Waals surface area contributed by atoms with E-state index in [-0.39, 0.29) is 12.7 Å². The summed E-state index contributed by atoms with van der Waals surface area (Å²) >= 11 is 0. The highest BCUT2D eigenvalue weighted by Crippen LogP contribution is 2.28. The molecule has 4 nitrogen and oxygen atoms in total. The van der Waals surface area contributed by atoms with E-state index in [4.69, 9.17) is 4.74 Å². The molecule has 0 saturated carbocycles. The standard InChI is InChI=1S/C24H24N2O2/c1-18-9-5-6-12-21(18)24(19-10-3-2-4-11-19)28-16-20(27)15-26-17-25-22-13-7-8-14-23(22)26/h2-14,17,20,24,27H,15-16H2,1H3. The molecule has 1 aromatic heterocycles. The van der Waals surface area contributed by atoms with Gasteiger partial charge in [-0.1, -0.05) is 66.7 Å². The molecule has 0 aliphatic heterocycles. The number of rotatable bonds is 7. The molecule has 0 saturated heterocycles. The lowest BCUT2D eigenvalue weighted by atomic mass is 9.97. The maximum absolute atomic E-state index is 10.6. The number of nitrogens with zero attached hydrogens (tertiary/aromatic N) is 2. The molecule has 0 bridgehead atoms. The summed E-state index contributed by atoms with van der Waals surface area (Å²) in [5.41, 5.74) is 5.32. The minimum absolute atomic E-state index is 0.211. The van der Waals surface area contributed by atoms with Gasteiger partial charge < -0.3 is 14.4 Å². The molecule has 4 aromatic rings. The van der Waals surface area contributed by atoms with Crippen molar-refractivity contribution in [1.82, 2.24) is 9.55 Å². The first kappa shape index (κ1) is 18.4. The highest BCUT2D eigenvalue weighted by molar-refractivity contribution is 5.74. The van der Waals surface area contributed by atoms with Crippen LogP contribution < -0.4 is 0 Å². The quantitative estimate of drug-likeness (QED) is 0.519. The number of imidazole rings is 1. The Balaban J connectivity index is 1.50. The van der Waals surface area contributed by atoms with E-state index >= 15 is 0 Å². The normalized spacial score (nSPS) is 13.5. The fraction of sp³-hybridized carbons (Fsp3) is 0.208. The number of hydrogen-bond donors (Lipinski definition) is 1. The smallest absolute Gasteiger partial charge is 0.108 e. The second-order valence-electron chi connectivity index (χ2n) is 7.02. The second kappa shape index (κ2) is 8.38. The second-order valence-corrected chi connectivity index (χ2v) is 7.02. The van der Waals surface area contributed by atoms with Gasteiger partial charge in [0.05, 0.1) is 36.6 Å². The van der Waals surface area contributed by atoms with E-state index in [0.717, 1.165) is 22.2 Å². The van der Waals surface area contributed by atoms with Crippen LogP contribution in [0.4, 0.5) is 0 Å². The number of fused-ring (bicyclic) bond motifs is 1. The predicted octanol–water partition coefficient (Wildman–Crippen LogP) is 4.51.